The van der Waals surface area contributed by atoms with E-state index in [0.29, 0.717) is 5.56 Å². The Morgan fingerprint density at radius 2 is 2.12 bits per heavy atom. The highest BCUT2D eigenvalue weighted by Gasteiger charge is 2.34. The number of rotatable bonds is 5. The van der Waals surface area contributed by atoms with Crippen molar-refractivity contribution in [2.45, 2.75) is 12.9 Å². The van der Waals surface area contributed by atoms with Crippen LogP contribution in [0.5, 0.6) is 6.01 Å². The Hall–Kier alpha value is -3.44. The Morgan fingerprint density at radius 1 is 1.35 bits per heavy atom. The van der Waals surface area contributed by atoms with Gasteiger partial charge in [0.2, 0.25) is 0 Å². The average molecular weight is 368 g/mol. The summed E-state index contributed by atoms with van der Waals surface area (Å²) < 4.78 is 46.9. The number of aromatic carboxylic acids is 1. The first-order valence-electron chi connectivity index (χ1n) is 7.07. The highest BCUT2D eigenvalue weighted by molar-refractivity contribution is 5.85. The smallest absolute Gasteiger partial charge is 0.433 e. The molecule has 0 atom stereocenters. The number of alkyl halides is 3. The minimum Gasteiger partial charge on any atom is -0.476 e. The van der Waals surface area contributed by atoms with Crippen LogP contribution < -0.4 is 4.74 Å². The molecule has 0 unspecified atom stereocenters. The van der Waals surface area contributed by atoms with Crippen LogP contribution in [-0.4, -0.2) is 40.6 Å². The largest absolute Gasteiger partial charge is 0.476 e. The summed E-state index contributed by atoms with van der Waals surface area (Å²) in [5.74, 6) is -1.24. The summed E-state index contributed by atoms with van der Waals surface area (Å²) in [6.07, 6.45) is -0.531. The molecular weight excluding hydrogens is 357 g/mol. The van der Waals surface area contributed by atoms with E-state index in [1.165, 1.54) is 29.3 Å². The molecule has 3 aromatic rings. The molecule has 3 heterocycles. The van der Waals surface area contributed by atoms with Gasteiger partial charge in [-0.1, -0.05) is 0 Å². The molecule has 0 spiro atoms. The molecule has 0 fully saturated rings. The Balaban J connectivity index is 1.88. The minimum absolute atomic E-state index is 0.0119. The molecule has 1 N–H and O–H groups in total. The van der Waals surface area contributed by atoms with E-state index in [0.717, 1.165) is 10.7 Å². The zero-order valence-corrected chi connectivity index (χ0v) is 13.2. The van der Waals surface area contributed by atoms with Crippen LogP contribution in [0.15, 0.2) is 30.7 Å². The number of hydrogen-bond donors (Lipinski definition) is 1. The van der Waals surface area contributed by atoms with Crippen LogP contribution in [0.2, 0.25) is 0 Å². The Morgan fingerprint density at radius 3 is 2.69 bits per heavy atom. The van der Waals surface area contributed by atoms with Crippen molar-refractivity contribution in [2.24, 2.45) is 7.05 Å². The van der Waals surface area contributed by atoms with Gasteiger partial charge in [-0.25, -0.2) is 9.48 Å². The van der Waals surface area contributed by atoms with Gasteiger partial charge < -0.3 is 9.84 Å². The van der Waals surface area contributed by atoms with Crippen molar-refractivity contribution < 1.29 is 27.8 Å². The molecule has 0 saturated heterocycles. The maximum absolute atomic E-state index is 13.1. The number of halogens is 3. The summed E-state index contributed by atoms with van der Waals surface area (Å²) in [7, 11) is 1.62. The molecule has 0 saturated carbocycles. The van der Waals surface area contributed by atoms with Crippen molar-refractivity contribution in [1.82, 2.24) is 29.5 Å². The molecule has 0 amide bonds. The summed E-state index contributed by atoms with van der Waals surface area (Å²) in [4.78, 5) is 18.1. The molecule has 3 rings (SSSR count). The second-order valence-electron chi connectivity index (χ2n) is 5.14. The van der Waals surface area contributed by atoms with E-state index in [4.69, 9.17) is 9.84 Å². The van der Waals surface area contributed by atoms with Gasteiger partial charge in [0, 0.05) is 25.0 Å². The molecule has 136 valence electrons. The van der Waals surface area contributed by atoms with Crippen molar-refractivity contribution in [1.29, 1.82) is 0 Å². The number of carboxylic acid groups (broad SMARTS) is 1. The summed E-state index contributed by atoms with van der Waals surface area (Å²) in [6.45, 7) is -0.360. The number of carboxylic acids is 1. The van der Waals surface area contributed by atoms with E-state index in [1.807, 2.05) is 0 Å². The standard InChI is InChI=1S/C14H11F3N6O3/c1-22-6-8(5-18-22)10-4-11(14(15,16)17)20-13(19-10)26-7-23-3-2-9(21-23)12(24)25/h2-6H,7H2,1H3,(H,24,25). The summed E-state index contributed by atoms with van der Waals surface area (Å²) >= 11 is 0. The van der Waals surface area contributed by atoms with E-state index < -0.39 is 23.8 Å². The van der Waals surface area contributed by atoms with Crippen molar-refractivity contribution in [3.05, 3.63) is 42.1 Å². The van der Waals surface area contributed by atoms with Gasteiger partial charge in [-0.3, -0.25) is 4.68 Å². The van der Waals surface area contributed by atoms with Gasteiger partial charge in [0.25, 0.3) is 0 Å². The third-order valence-corrected chi connectivity index (χ3v) is 3.18. The number of ether oxygens (including phenoxy) is 1. The quantitative estimate of drug-likeness (QED) is 0.732. The van der Waals surface area contributed by atoms with Gasteiger partial charge in [0.1, 0.15) is 0 Å². The Labute approximate surface area is 143 Å². The summed E-state index contributed by atoms with van der Waals surface area (Å²) in [5, 5.41) is 16.4. The molecule has 3 aromatic heterocycles. The van der Waals surface area contributed by atoms with Crippen LogP contribution in [0.4, 0.5) is 13.2 Å². The lowest BCUT2D eigenvalue weighted by atomic mass is 10.2. The second kappa shape index (κ2) is 6.46. The maximum atomic E-state index is 13.1. The highest BCUT2D eigenvalue weighted by atomic mass is 19.4. The number of nitrogens with zero attached hydrogens (tertiary/aromatic N) is 6. The van der Waals surface area contributed by atoms with Crippen LogP contribution in [-0.2, 0) is 20.0 Å². The lowest BCUT2D eigenvalue weighted by Crippen LogP contribution is -2.13. The summed E-state index contributed by atoms with van der Waals surface area (Å²) in [6, 6.07) is 1.49. The number of aryl methyl sites for hydroxylation is 1. The van der Waals surface area contributed by atoms with Crippen molar-refractivity contribution >= 4 is 5.97 Å². The second-order valence-corrected chi connectivity index (χ2v) is 5.14. The summed E-state index contributed by atoms with van der Waals surface area (Å²) in [5.41, 5.74) is -1.05. The molecule has 0 bridgehead atoms. The first-order chi connectivity index (χ1) is 12.2. The number of carbonyl (C=O) groups is 1. The fraction of sp³-hybridized carbons (Fsp3) is 0.214. The maximum Gasteiger partial charge on any atom is 0.433 e. The third-order valence-electron chi connectivity index (χ3n) is 3.18. The van der Waals surface area contributed by atoms with Crippen LogP contribution in [0.1, 0.15) is 16.2 Å². The molecule has 0 aromatic carbocycles. The van der Waals surface area contributed by atoms with E-state index in [2.05, 4.69) is 20.2 Å². The normalized spacial score (nSPS) is 11.5. The van der Waals surface area contributed by atoms with E-state index in [9.17, 15) is 18.0 Å². The first-order valence-corrected chi connectivity index (χ1v) is 7.07. The van der Waals surface area contributed by atoms with Crippen LogP contribution in [0.3, 0.4) is 0 Å². The Bertz CT molecular complexity index is 950. The van der Waals surface area contributed by atoms with Gasteiger partial charge >= 0.3 is 18.2 Å². The van der Waals surface area contributed by atoms with Gasteiger partial charge in [0.15, 0.2) is 18.1 Å². The molecular formula is C14H11F3N6O3. The SMILES string of the molecule is Cn1cc(-c2cc(C(F)(F)F)nc(OCn3ccc(C(=O)O)n3)n2)cn1. The lowest BCUT2D eigenvalue weighted by molar-refractivity contribution is -0.141. The van der Waals surface area contributed by atoms with Crippen molar-refractivity contribution in [3.8, 4) is 17.3 Å². The number of aromatic nitrogens is 6. The fourth-order valence-corrected chi connectivity index (χ4v) is 2.01. The van der Waals surface area contributed by atoms with E-state index >= 15 is 0 Å². The molecule has 12 heteroatoms. The van der Waals surface area contributed by atoms with Crippen LogP contribution in [0.25, 0.3) is 11.3 Å². The molecule has 26 heavy (non-hydrogen) atoms. The van der Waals surface area contributed by atoms with Gasteiger partial charge in [-0.2, -0.15) is 33.3 Å². The minimum atomic E-state index is -4.69. The number of hydrogen-bond acceptors (Lipinski definition) is 6. The zero-order chi connectivity index (χ0) is 18.9. The topological polar surface area (TPSA) is 108 Å². The van der Waals surface area contributed by atoms with Crippen molar-refractivity contribution in [2.75, 3.05) is 0 Å². The van der Waals surface area contributed by atoms with Crippen LogP contribution >= 0.6 is 0 Å². The van der Waals surface area contributed by atoms with Crippen molar-refractivity contribution in [3.63, 3.8) is 0 Å². The fourth-order valence-electron chi connectivity index (χ4n) is 2.01. The lowest BCUT2D eigenvalue weighted by Gasteiger charge is -2.10. The monoisotopic (exact) mass is 368 g/mol. The van der Waals surface area contributed by atoms with E-state index in [-0.39, 0.29) is 18.1 Å². The molecule has 0 aliphatic rings. The zero-order valence-electron chi connectivity index (χ0n) is 13.2. The molecule has 0 aliphatic carbocycles. The van der Waals surface area contributed by atoms with Gasteiger partial charge in [0.05, 0.1) is 11.9 Å². The van der Waals surface area contributed by atoms with E-state index in [1.54, 1.807) is 7.05 Å². The third kappa shape index (κ3) is 3.79. The highest BCUT2D eigenvalue weighted by Crippen LogP contribution is 2.31. The predicted octanol–water partition coefficient (Wildman–Crippen LogP) is 1.83. The molecule has 0 radical (unpaired) electrons. The van der Waals surface area contributed by atoms with Crippen LogP contribution in [0, 0.1) is 0 Å². The molecule has 0 aliphatic heterocycles. The average Bonchev–Trinajstić information content (AvgIpc) is 3.21. The Kier molecular flexibility index (Phi) is 4.32. The first kappa shape index (κ1) is 17.4. The predicted molar refractivity (Wildman–Crippen MR) is 79.1 cm³/mol. The van der Waals surface area contributed by atoms with Gasteiger partial charge in [-0.05, 0) is 12.1 Å². The molecule has 9 nitrogen and oxygen atoms in total. The van der Waals surface area contributed by atoms with Gasteiger partial charge in [-0.15, -0.1) is 0 Å².